The molecule has 0 fully saturated rings. The first kappa shape index (κ1) is 13.9. The largest absolute Gasteiger partial charge is 0.487 e. The maximum Gasteiger partial charge on any atom is 0.337 e. The first-order valence-electron chi connectivity index (χ1n) is 6.26. The Kier molecular flexibility index (Phi) is 4.25. The summed E-state index contributed by atoms with van der Waals surface area (Å²) in [4.78, 5) is 11.4. The van der Waals surface area contributed by atoms with Crippen LogP contribution in [0.2, 0.25) is 0 Å². The summed E-state index contributed by atoms with van der Waals surface area (Å²) < 4.78 is 10.3. The minimum Gasteiger partial charge on any atom is -0.487 e. The minimum absolute atomic E-state index is 0.410. The fourth-order valence-corrected chi connectivity index (χ4v) is 1.89. The number of hydrogen-bond acceptors (Lipinski definition) is 4. The number of esters is 1. The van der Waals surface area contributed by atoms with E-state index in [-0.39, 0.29) is 0 Å². The molecule has 104 valence electrons. The van der Waals surface area contributed by atoms with Gasteiger partial charge < -0.3 is 15.2 Å². The normalized spacial score (nSPS) is 10.1. The summed E-state index contributed by atoms with van der Waals surface area (Å²) in [5.41, 5.74) is 8.95. The van der Waals surface area contributed by atoms with E-state index in [2.05, 4.69) is 10.8 Å². The molecule has 0 bridgehead atoms. The monoisotopic (exact) mass is 271 g/mol. The van der Waals surface area contributed by atoms with E-state index < -0.39 is 5.97 Å². The molecular weight excluding hydrogens is 254 g/mol. The minimum atomic E-state index is -0.415. The summed E-state index contributed by atoms with van der Waals surface area (Å²) in [6, 6.07) is 12.9. The molecule has 0 aromatic heterocycles. The van der Waals surface area contributed by atoms with Crippen LogP contribution in [0.25, 0.3) is 0 Å². The van der Waals surface area contributed by atoms with E-state index >= 15 is 0 Å². The number of benzene rings is 2. The average molecular weight is 271 g/mol. The van der Waals surface area contributed by atoms with E-state index in [0.717, 1.165) is 5.56 Å². The van der Waals surface area contributed by atoms with Crippen LogP contribution in [0, 0.1) is 6.92 Å². The van der Waals surface area contributed by atoms with E-state index in [1.165, 1.54) is 12.7 Å². The maximum absolute atomic E-state index is 11.4. The molecule has 0 heterocycles. The summed E-state index contributed by atoms with van der Waals surface area (Å²) in [5.74, 6) is 0.140. The molecule has 2 aromatic carbocycles. The lowest BCUT2D eigenvalue weighted by molar-refractivity contribution is 0.0600. The first-order valence-corrected chi connectivity index (χ1v) is 6.26. The zero-order valence-electron chi connectivity index (χ0n) is 11.6. The van der Waals surface area contributed by atoms with Gasteiger partial charge >= 0.3 is 5.97 Å². The van der Waals surface area contributed by atoms with Gasteiger partial charge in [-0.3, -0.25) is 0 Å². The predicted molar refractivity (Wildman–Crippen MR) is 77.7 cm³/mol. The van der Waals surface area contributed by atoms with Crippen molar-refractivity contribution in [3.05, 3.63) is 59.2 Å². The molecule has 2 aromatic rings. The molecule has 0 radical (unpaired) electrons. The number of carbonyl (C=O) groups is 1. The second kappa shape index (κ2) is 6.10. The quantitative estimate of drug-likeness (QED) is 0.686. The number of rotatable bonds is 4. The fraction of sp³-hybridized carbons (Fsp3) is 0.188. The average Bonchev–Trinajstić information content (AvgIpc) is 2.45. The molecule has 0 amide bonds. The summed E-state index contributed by atoms with van der Waals surface area (Å²) in [6.07, 6.45) is 0. The molecule has 2 N–H and O–H groups in total. The molecule has 0 aliphatic heterocycles. The van der Waals surface area contributed by atoms with E-state index in [9.17, 15) is 4.79 Å². The Morgan fingerprint density at radius 3 is 2.65 bits per heavy atom. The van der Waals surface area contributed by atoms with Crippen LogP contribution in [0.5, 0.6) is 5.75 Å². The van der Waals surface area contributed by atoms with Crippen LogP contribution in [0.1, 0.15) is 21.5 Å². The predicted octanol–water partition coefficient (Wildman–Crippen LogP) is 2.94. The van der Waals surface area contributed by atoms with Gasteiger partial charge in [0.1, 0.15) is 12.4 Å². The molecule has 0 saturated carbocycles. The number of carbonyl (C=O) groups excluding carboxylic acids is 1. The van der Waals surface area contributed by atoms with Crippen LogP contribution in [-0.2, 0) is 11.3 Å². The third kappa shape index (κ3) is 3.29. The highest BCUT2D eigenvalue weighted by Crippen LogP contribution is 2.24. The molecule has 0 unspecified atom stereocenters. The molecule has 0 atom stereocenters. The van der Waals surface area contributed by atoms with Crippen LogP contribution in [-0.4, -0.2) is 13.1 Å². The Morgan fingerprint density at radius 2 is 2.00 bits per heavy atom. The van der Waals surface area contributed by atoms with Crippen molar-refractivity contribution < 1.29 is 14.3 Å². The van der Waals surface area contributed by atoms with Crippen molar-refractivity contribution in [1.29, 1.82) is 0 Å². The van der Waals surface area contributed by atoms with Gasteiger partial charge in [-0.25, -0.2) is 4.79 Å². The molecule has 4 heteroatoms. The molecule has 0 aliphatic carbocycles. The topological polar surface area (TPSA) is 61.5 Å². The molecule has 20 heavy (non-hydrogen) atoms. The van der Waals surface area contributed by atoms with Crippen molar-refractivity contribution >= 4 is 11.7 Å². The molecule has 0 aliphatic rings. The van der Waals surface area contributed by atoms with Crippen molar-refractivity contribution in [2.45, 2.75) is 13.5 Å². The summed E-state index contributed by atoms with van der Waals surface area (Å²) in [6.45, 7) is 2.46. The molecular formula is C16H17NO3. The number of methoxy groups -OCH3 is 1. The third-order valence-corrected chi connectivity index (χ3v) is 2.91. The van der Waals surface area contributed by atoms with Gasteiger partial charge in [0, 0.05) is 0 Å². The lowest BCUT2D eigenvalue weighted by Gasteiger charge is -2.10. The zero-order chi connectivity index (χ0) is 14.5. The molecule has 0 spiro atoms. The third-order valence-electron chi connectivity index (χ3n) is 2.91. The van der Waals surface area contributed by atoms with Gasteiger partial charge in [-0.15, -0.1) is 0 Å². The number of ether oxygens (including phenoxy) is 2. The van der Waals surface area contributed by atoms with Gasteiger partial charge in [0.25, 0.3) is 0 Å². The van der Waals surface area contributed by atoms with Crippen molar-refractivity contribution in [2.75, 3.05) is 12.8 Å². The Labute approximate surface area is 118 Å². The maximum atomic E-state index is 11.4. The number of anilines is 1. The summed E-state index contributed by atoms with van der Waals surface area (Å²) in [5, 5.41) is 0. The second-order valence-corrected chi connectivity index (χ2v) is 4.52. The van der Waals surface area contributed by atoms with Gasteiger partial charge in [-0.05, 0) is 30.7 Å². The van der Waals surface area contributed by atoms with Gasteiger partial charge in [-0.1, -0.05) is 29.8 Å². The van der Waals surface area contributed by atoms with Crippen molar-refractivity contribution in [2.24, 2.45) is 0 Å². The van der Waals surface area contributed by atoms with Crippen LogP contribution >= 0.6 is 0 Å². The smallest absolute Gasteiger partial charge is 0.337 e. The summed E-state index contributed by atoms with van der Waals surface area (Å²) in [7, 11) is 1.33. The number of hydrogen-bond donors (Lipinski definition) is 1. The molecule has 2 rings (SSSR count). The Balaban J connectivity index is 2.08. The van der Waals surface area contributed by atoms with Gasteiger partial charge in [-0.2, -0.15) is 0 Å². The number of nitrogen functional groups attached to an aromatic ring is 1. The van der Waals surface area contributed by atoms with Crippen molar-refractivity contribution in [3.8, 4) is 5.75 Å². The lowest BCUT2D eigenvalue weighted by atomic mass is 10.1. The van der Waals surface area contributed by atoms with Gasteiger partial charge in [0.15, 0.2) is 0 Å². The van der Waals surface area contributed by atoms with Crippen LogP contribution in [0.3, 0.4) is 0 Å². The van der Waals surface area contributed by atoms with E-state index in [1.54, 1.807) is 18.2 Å². The van der Waals surface area contributed by atoms with Crippen LogP contribution in [0.4, 0.5) is 5.69 Å². The van der Waals surface area contributed by atoms with Crippen LogP contribution < -0.4 is 10.5 Å². The van der Waals surface area contributed by atoms with E-state index in [0.29, 0.717) is 23.6 Å². The number of nitrogens with two attached hydrogens (primary N) is 1. The van der Waals surface area contributed by atoms with Crippen LogP contribution in [0.15, 0.2) is 42.5 Å². The molecule has 4 nitrogen and oxygen atoms in total. The number of aryl methyl sites for hydroxylation is 1. The van der Waals surface area contributed by atoms with Crippen molar-refractivity contribution in [3.63, 3.8) is 0 Å². The lowest BCUT2D eigenvalue weighted by Crippen LogP contribution is -2.04. The van der Waals surface area contributed by atoms with Gasteiger partial charge in [0.05, 0.1) is 18.4 Å². The highest BCUT2D eigenvalue weighted by Gasteiger charge is 2.08. The van der Waals surface area contributed by atoms with Crippen molar-refractivity contribution in [1.82, 2.24) is 0 Å². The standard InChI is InChI=1S/C16H17NO3/c1-11-4-3-5-12(8-11)10-20-15-7-6-13(9-14(15)17)16(18)19-2/h3-9H,10,17H2,1-2H3. The first-order chi connectivity index (χ1) is 9.60. The Morgan fingerprint density at radius 1 is 1.20 bits per heavy atom. The second-order valence-electron chi connectivity index (χ2n) is 4.52. The highest BCUT2D eigenvalue weighted by molar-refractivity contribution is 5.90. The van der Waals surface area contributed by atoms with E-state index in [1.807, 2.05) is 25.1 Å². The summed E-state index contributed by atoms with van der Waals surface area (Å²) >= 11 is 0. The Hall–Kier alpha value is -2.49. The van der Waals surface area contributed by atoms with E-state index in [4.69, 9.17) is 10.5 Å². The zero-order valence-corrected chi connectivity index (χ0v) is 11.6. The SMILES string of the molecule is COC(=O)c1ccc(OCc2cccc(C)c2)c(N)c1. The molecule has 0 saturated heterocycles. The van der Waals surface area contributed by atoms with Gasteiger partial charge in [0.2, 0.25) is 0 Å². The Bertz CT molecular complexity index is 623. The highest BCUT2D eigenvalue weighted by atomic mass is 16.5. The fourth-order valence-electron chi connectivity index (χ4n) is 1.89.